The molecule has 1 N–H and O–H groups in total. The van der Waals surface area contributed by atoms with Crippen LogP contribution in [0.2, 0.25) is 0 Å². The molecular weight excluding hydrogens is 276 g/mol. The molecule has 0 aliphatic carbocycles. The molecular formula is C13H8F4N2O. The van der Waals surface area contributed by atoms with Crippen LogP contribution in [0.1, 0.15) is 15.9 Å². The Labute approximate surface area is 111 Å². The lowest BCUT2D eigenvalue weighted by atomic mass is 10.2. The molecule has 20 heavy (non-hydrogen) atoms. The first kappa shape index (κ1) is 14.0. The molecule has 0 unspecified atom stereocenters. The van der Waals surface area contributed by atoms with Gasteiger partial charge in [-0.25, -0.2) is 4.98 Å². The Kier molecular flexibility index (Phi) is 3.69. The molecule has 2 aromatic rings. The number of nitrogens with one attached hydrogen (secondary N) is 1. The second kappa shape index (κ2) is 5.28. The molecule has 1 heterocycles. The van der Waals surface area contributed by atoms with E-state index in [9.17, 15) is 22.4 Å². The number of amides is 1. The smallest absolute Gasteiger partial charge is 0.322 e. The third-order valence-corrected chi connectivity index (χ3v) is 2.44. The van der Waals surface area contributed by atoms with Crippen LogP contribution < -0.4 is 5.32 Å². The van der Waals surface area contributed by atoms with E-state index in [-0.39, 0.29) is 11.3 Å². The number of alkyl halides is 3. The maximum atomic E-state index is 12.8. The third-order valence-electron chi connectivity index (χ3n) is 2.44. The van der Waals surface area contributed by atoms with Gasteiger partial charge in [0.25, 0.3) is 5.91 Å². The molecule has 0 fully saturated rings. The highest BCUT2D eigenvalue weighted by atomic mass is 19.4. The van der Waals surface area contributed by atoms with E-state index in [0.29, 0.717) is 0 Å². The summed E-state index contributed by atoms with van der Waals surface area (Å²) in [6, 6.07) is 6.32. The van der Waals surface area contributed by atoms with Crippen molar-refractivity contribution in [3.05, 3.63) is 59.7 Å². The van der Waals surface area contributed by atoms with Crippen LogP contribution in [0.5, 0.6) is 0 Å². The summed E-state index contributed by atoms with van der Waals surface area (Å²) in [5.74, 6) is -1.56. The molecule has 2 rings (SSSR count). The second-order valence-electron chi connectivity index (χ2n) is 3.90. The normalized spacial score (nSPS) is 11.2. The summed E-state index contributed by atoms with van der Waals surface area (Å²) >= 11 is 0. The first-order chi connectivity index (χ1) is 9.36. The van der Waals surface area contributed by atoms with E-state index >= 15 is 0 Å². The second-order valence-corrected chi connectivity index (χ2v) is 3.90. The molecule has 0 aliphatic rings. The average Bonchev–Trinajstić information content (AvgIpc) is 2.38. The predicted octanol–water partition coefficient (Wildman–Crippen LogP) is 3.49. The van der Waals surface area contributed by atoms with E-state index < -0.39 is 23.6 Å². The van der Waals surface area contributed by atoms with Crippen molar-refractivity contribution in [1.82, 2.24) is 4.98 Å². The molecule has 104 valence electrons. The number of anilines is 1. The summed E-state index contributed by atoms with van der Waals surface area (Å²) in [6.07, 6.45) is -3.40. The van der Waals surface area contributed by atoms with Crippen molar-refractivity contribution in [2.24, 2.45) is 0 Å². The van der Waals surface area contributed by atoms with E-state index in [1.807, 2.05) is 0 Å². The van der Waals surface area contributed by atoms with Crippen molar-refractivity contribution in [3.8, 4) is 0 Å². The highest BCUT2D eigenvalue weighted by Crippen LogP contribution is 2.30. The monoisotopic (exact) mass is 284 g/mol. The first-order valence-electron chi connectivity index (χ1n) is 5.46. The maximum Gasteiger partial charge on any atom is 0.416 e. The fourth-order valence-electron chi connectivity index (χ4n) is 1.52. The number of hydrogen-bond acceptors (Lipinski definition) is 2. The topological polar surface area (TPSA) is 42.0 Å². The van der Waals surface area contributed by atoms with E-state index in [0.717, 1.165) is 24.4 Å². The molecule has 0 saturated carbocycles. The predicted molar refractivity (Wildman–Crippen MR) is 63.6 cm³/mol. The van der Waals surface area contributed by atoms with E-state index in [1.54, 1.807) is 0 Å². The summed E-state index contributed by atoms with van der Waals surface area (Å²) in [5, 5.41) is 2.26. The minimum absolute atomic E-state index is 0.0259. The summed E-state index contributed by atoms with van der Waals surface area (Å²) in [4.78, 5) is 15.0. The Morgan fingerprint density at radius 3 is 2.55 bits per heavy atom. The van der Waals surface area contributed by atoms with Crippen molar-refractivity contribution in [3.63, 3.8) is 0 Å². The third kappa shape index (κ3) is 3.31. The van der Waals surface area contributed by atoms with Gasteiger partial charge < -0.3 is 5.32 Å². The molecule has 0 saturated heterocycles. The Bertz CT molecular complexity index is 640. The summed E-state index contributed by atoms with van der Waals surface area (Å²) in [6.45, 7) is 0. The van der Waals surface area contributed by atoms with Crippen LogP contribution in [-0.4, -0.2) is 10.9 Å². The quantitative estimate of drug-likeness (QED) is 0.677. The van der Waals surface area contributed by atoms with Gasteiger partial charge in [0.2, 0.25) is 5.95 Å². The lowest BCUT2D eigenvalue weighted by Gasteiger charge is -2.09. The molecule has 0 bridgehead atoms. The number of carbonyl (C=O) groups excluding carboxylic acids is 1. The van der Waals surface area contributed by atoms with Gasteiger partial charge in [0.15, 0.2) is 0 Å². The van der Waals surface area contributed by atoms with E-state index in [1.165, 1.54) is 18.2 Å². The van der Waals surface area contributed by atoms with Crippen LogP contribution in [0.25, 0.3) is 0 Å². The van der Waals surface area contributed by atoms with Crippen LogP contribution >= 0.6 is 0 Å². The number of hydrogen-bond donors (Lipinski definition) is 1. The standard InChI is InChI=1S/C13H8F4N2O/c14-11-6-8(4-5-18-11)12(20)19-10-3-1-2-9(7-10)13(15,16)17/h1-7H,(H,19,20). The molecule has 1 aromatic heterocycles. The number of carbonyl (C=O) groups is 1. The summed E-state index contributed by atoms with van der Waals surface area (Å²) < 4.78 is 50.4. The number of aromatic nitrogens is 1. The average molecular weight is 284 g/mol. The Morgan fingerprint density at radius 2 is 1.90 bits per heavy atom. The zero-order valence-electron chi connectivity index (χ0n) is 9.91. The van der Waals surface area contributed by atoms with Crippen molar-refractivity contribution in [2.45, 2.75) is 6.18 Å². The fraction of sp³-hybridized carbons (Fsp3) is 0.0769. The van der Waals surface area contributed by atoms with Crippen LogP contribution in [0.3, 0.4) is 0 Å². The number of nitrogens with zero attached hydrogens (tertiary/aromatic N) is 1. The van der Waals surface area contributed by atoms with Gasteiger partial charge in [0.1, 0.15) is 0 Å². The van der Waals surface area contributed by atoms with Gasteiger partial charge in [-0.3, -0.25) is 4.79 Å². The highest BCUT2D eigenvalue weighted by molar-refractivity contribution is 6.04. The Balaban J connectivity index is 2.20. The first-order valence-corrected chi connectivity index (χ1v) is 5.46. The minimum atomic E-state index is -4.50. The number of halogens is 4. The Hall–Kier alpha value is -2.44. The van der Waals surface area contributed by atoms with Crippen molar-refractivity contribution >= 4 is 11.6 Å². The maximum absolute atomic E-state index is 12.8. The lowest BCUT2D eigenvalue weighted by Crippen LogP contribution is -2.13. The molecule has 7 heteroatoms. The number of benzene rings is 1. The van der Waals surface area contributed by atoms with Crippen molar-refractivity contribution < 1.29 is 22.4 Å². The van der Waals surface area contributed by atoms with E-state index in [4.69, 9.17) is 0 Å². The lowest BCUT2D eigenvalue weighted by molar-refractivity contribution is -0.137. The minimum Gasteiger partial charge on any atom is -0.322 e. The molecule has 3 nitrogen and oxygen atoms in total. The van der Waals surface area contributed by atoms with Gasteiger partial charge in [-0.05, 0) is 24.3 Å². The van der Waals surface area contributed by atoms with E-state index in [2.05, 4.69) is 10.3 Å². The zero-order valence-corrected chi connectivity index (χ0v) is 9.91. The largest absolute Gasteiger partial charge is 0.416 e. The molecule has 0 radical (unpaired) electrons. The highest BCUT2D eigenvalue weighted by Gasteiger charge is 2.30. The molecule has 0 aliphatic heterocycles. The van der Waals surface area contributed by atoms with Gasteiger partial charge in [0.05, 0.1) is 5.56 Å². The van der Waals surface area contributed by atoms with Crippen LogP contribution in [0, 0.1) is 5.95 Å². The van der Waals surface area contributed by atoms with Crippen LogP contribution in [0.15, 0.2) is 42.6 Å². The van der Waals surface area contributed by atoms with Gasteiger partial charge in [-0.2, -0.15) is 17.6 Å². The summed E-state index contributed by atoms with van der Waals surface area (Å²) in [7, 11) is 0. The SMILES string of the molecule is O=C(Nc1cccc(C(F)(F)F)c1)c1ccnc(F)c1. The molecule has 0 atom stereocenters. The Morgan fingerprint density at radius 1 is 1.15 bits per heavy atom. The van der Waals surface area contributed by atoms with Gasteiger partial charge in [-0.15, -0.1) is 0 Å². The van der Waals surface area contributed by atoms with Gasteiger partial charge in [0, 0.05) is 23.5 Å². The van der Waals surface area contributed by atoms with Crippen molar-refractivity contribution in [1.29, 1.82) is 0 Å². The fourth-order valence-corrected chi connectivity index (χ4v) is 1.52. The molecule has 1 amide bonds. The number of pyridine rings is 1. The van der Waals surface area contributed by atoms with Gasteiger partial charge in [-0.1, -0.05) is 6.07 Å². The number of rotatable bonds is 2. The summed E-state index contributed by atoms with van der Waals surface area (Å²) in [5.41, 5.74) is -0.937. The zero-order chi connectivity index (χ0) is 14.8. The van der Waals surface area contributed by atoms with Crippen LogP contribution in [-0.2, 0) is 6.18 Å². The van der Waals surface area contributed by atoms with Crippen molar-refractivity contribution in [2.75, 3.05) is 5.32 Å². The molecule has 0 spiro atoms. The van der Waals surface area contributed by atoms with Gasteiger partial charge >= 0.3 is 6.18 Å². The molecule has 1 aromatic carbocycles. The van der Waals surface area contributed by atoms with Crippen LogP contribution in [0.4, 0.5) is 23.2 Å².